The van der Waals surface area contributed by atoms with Crippen LogP contribution in [-0.4, -0.2) is 79.9 Å². The lowest BCUT2D eigenvalue weighted by atomic mass is 9.60. The Balaban J connectivity index is 1.61. The zero-order chi connectivity index (χ0) is 20.2. The predicted molar refractivity (Wildman–Crippen MR) is 108 cm³/mol. The molecule has 9 heteroatoms. The standard InChI is InChI=1S/C19H27N3O4S2/c1-3-20-11-8-19(17(20)24)14-22(28(2,25)26)13-18(19)6-9-21(10-7-18)16(23)15-5-4-12-27-15/h4-5,12H,3,6-11,13-14H2,1-2H3. The molecule has 3 saturated heterocycles. The first-order valence-electron chi connectivity index (χ1n) is 9.80. The highest BCUT2D eigenvalue weighted by molar-refractivity contribution is 7.88. The molecule has 1 aromatic rings. The smallest absolute Gasteiger partial charge is 0.263 e. The van der Waals surface area contributed by atoms with E-state index in [2.05, 4.69) is 0 Å². The Morgan fingerprint density at radius 2 is 1.89 bits per heavy atom. The number of piperidine rings is 1. The first kappa shape index (κ1) is 19.8. The van der Waals surface area contributed by atoms with Gasteiger partial charge in [0.15, 0.2) is 0 Å². The molecule has 4 heterocycles. The Morgan fingerprint density at radius 3 is 2.43 bits per heavy atom. The highest BCUT2D eigenvalue weighted by Crippen LogP contribution is 2.58. The molecule has 4 rings (SSSR count). The zero-order valence-corrected chi connectivity index (χ0v) is 18.0. The summed E-state index contributed by atoms with van der Waals surface area (Å²) in [6.07, 6.45) is 3.26. The molecule has 1 atom stereocenters. The molecule has 2 spiro atoms. The lowest BCUT2D eigenvalue weighted by Gasteiger charge is -2.46. The summed E-state index contributed by atoms with van der Waals surface area (Å²) in [5.41, 5.74) is -1.03. The quantitative estimate of drug-likeness (QED) is 0.735. The molecule has 7 nitrogen and oxygen atoms in total. The second-order valence-electron chi connectivity index (χ2n) is 8.30. The Morgan fingerprint density at radius 1 is 1.18 bits per heavy atom. The van der Waals surface area contributed by atoms with E-state index in [0.717, 1.165) is 4.88 Å². The topological polar surface area (TPSA) is 78.0 Å². The molecular formula is C19H27N3O4S2. The van der Waals surface area contributed by atoms with Crippen molar-refractivity contribution in [2.75, 3.05) is 45.5 Å². The Kier molecular flexibility index (Phi) is 4.83. The van der Waals surface area contributed by atoms with Gasteiger partial charge in [-0.3, -0.25) is 9.59 Å². The Hall–Kier alpha value is -1.45. The van der Waals surface area contributed by atoms with E-state index >= 15 is 0 Å². The van der Waals surface area contributed by atoms with E-state index < -0.39 is 15.4 Å². The van der Waals surface area contributed by atoms with Crippen molar-refractivity contribution < 1.29 is 18.0 Å². The van der Waals surface area contributed by atoms with E-state index in [1.165, 1.54) is 21.9 Å². The van der Waals surface area contributed by atoms with Crippen LogP contribution >= 0.6 is 11.3 Å². The molecule has 0 radical (unpaired) electrons. The predicted octanol–water partition coefficient (Wildman–Crippen LogP) is 1.48. The average Bonchev–Trinajstić information content (AvgIpc) is 3.36. The van der Waals surface area contributed by atoms with Gasteiger partial charge in [-0.1, -0.05) is 6.07 Å². The van der Waals surface area contributed by atoms with Gasteiger partial charge in [0, 0.05) is 44.7 Å². The van der Waals surface area contributed by atoms with Gasteiger partial charge < -0.3 is 9.80 Å². The molecule has 3 fully saturated rings. The van der Waals surface area contributed by atoms with Crippen molar-refractivity contribution in [3.05, 3.63) is 22.4 Å². The van der Waals surface area contributed by atoms with Crippen LogP contribution in [0.3, 0.4) is 0 Å². The van der Waals surface area contributed by atoms with E-state index in [9.17, 15) is 18.0 Å². The van der Waals surface area contributed by atoms with Crippen LogP contribution < -0.4 is 0 Å². The summed E-state index contributed by atoms with van der Waals surface area (Å²) in [5.74, 6) is 0.129. The van der Waals surface area contributed by atoms with E-state index in [1.807, 2.05) is 34.2 Å². The summed E-state index contributed by atoms with van der Waals surface area (Å²) in [5, 5.41) is 1.89. The van der Waals surface area contributed by atoms with Crippen LogP contribution in [0, 0.1) is 10.8 Å². The molecule has 1 aromatic heterocycles. The molecule has 1 unspecified atom stereocenters. The van der Waals surface area contributed by atoms with Gasteiger partial charge in [0.1, 0.15) is 0 Å². The van der Waals surface area contributed by atoms with Gasteiger partial charge in [0.05, 0.1) is 16.5 Å². The maximum atomic E-state index is 13.3. The minimum absolute atomic E-state index is 0.0322. The summed E-state index contributed by atoms with van der Waals surface area (Å²) >= 11 is 1.44. The van der Waals surface area contributed by atoms with E-state index in [1.54, 1.807) is 0 Å². The molecule has 3 aliphatic rings. The number of thiophene rings is 1. The maximum absolute atomic E-state index is 13.3. The van der Waals surface area contributed by atoms with Crippen molar-refractivity contribution in [2.45, 2.75) is 26.2 Å². The van der Waals surface area contributed by atoms with Crippen LogP contribution in [0.25, 0.3) is 0 Å². The van der Waals surface area contributed by atoms with Crippen LogP contribution in [0.5, 0.6) is 0 Å². The Bertz CT molecular complexity index is 875. The third-order valence-electron chi connectivity index (χ3n) is 7.04. The highest BCUT2D eigenvalue weighted by Gasteiger charge is 2.66. The summed E-state index contributed by atoms with van der Waals surface area (Å²) in [6.45, 7) is 5.10. The number of amides is 2. The summed E-state index contributed by atoms with van der Waals surface area (Å²) in [7, 11) is -3.37. The number of carbonyl (C=O) groups is 2. The van der Waals surface area contributed by atoms with Gasteiger partial charge in [-0.15, -0.1) is 11.3 Å². The summed E-state index contributed by atoms with van der Waals surface area (Å²) in [4.78, 5) is 30.5. The molecule has 154 valence electrons. The number of hydrogen-bond acceptors (Lipinski definition) is 5. The zero-order valence-electron chi connectivity index (χ0n) is 16.4. The maximum Gasteiger partial charge on any atom is 0.263 e. The van der Waals surface area contributed by atoms with Crippen molar-refractivity contribution >= 4 is 33.2 Å². The molecule has 0 saturated carbocycles. The van der Waals surface area contributed by atoms with Gasteiger partial charge in [-0.25, -0.2) is 12.7 Å². The van der Waals surface area contributed by atoms with Crippen molar-refractivity contribution in [2.24, 2.45) is 10.8 Å². The van der Waals surface area contributed by atoms with Crippen molar-refractivity contribution in [3.63, 3.8) is 0 Å². The second kappa shape index (κ2) is 6.81. The van der Waals surface area contributed by atoms with Gasteiger partial charge in [0.2, 0.25) is 15.9 Å². The largest absolute Gasteiger partial charge is 0.342 e. The minimum Gasteiger partial charge on any atom is -0.342 e. The second-order valence-corrected chi connectivity index (χ2v) is 11.2. The Labute approximate surface area is 170 Å². The van der Waals surface area contributed by atoms with Crippen molar-refractivity contribution in [3.8, 4) is 0 Å². The molecule has 2 amide bonds. The van der Waals surface area contributed by atoms with Crippen molar-refractivity contribution in [1.82, 2.24) is 14.1 Å². The first-order valence-corrected chi connectivity index (χ1v) is 12.5. The fourth-order valence-corrected chi connectivity index (χ4v) is 6.98. The number of nitrogens with zero attached hydrogens (tertiary/aromatic N) is 3. The van der Waals surface area contributed by atoms with E-state index in [0.29, 0.717) is 52.0 Å². The number of likely N-dealkylation sites (tertiary alicyclic amines) is 2. The molecule has 0 aliphatic carbocycles. The fourth-order valence-electron chi connectivity index (χ4n) is 5.36. The summed E-state index contributed by atoms with van der Waals surface area (Å²) < 4.78 is 26.1. The van der Waals surface area contributed by atoms with Crippen LogP contribution in [0.2, 0.25) is 0 Å². The average molecular weight is 426 g/mol. The third kappa shape index (κ3) is 2.90. The van der Waals surface area contributed by atoms with Crippen LogP contribution in [0.4, 0.5) is 0 Å². The van der Waals surface area contributed by atoms with Gasteiger partial charge >= 0.3 is 0 Å². The monoisotopic (exact) mass is 425 g/mol. The normalized spacial score (nSPS) is 28.0. The van der Waals surface area contributed by atoms with Gasteiger partial charge in [0.25, 0.3) is 5.91 Å². The minimum atomic E-state index is -3.37. The first-order chi connectivity index (χ1) is 13.2. The molecule has 0 bridgehead atoms. The molecule has 0 aromatic carbocycles. The van der Waals surface area contributed by atoms with Gasteiger partial charge in [-0.05, 0) is 37.6 Å². The number of sulfonamides is 1. The van der Waals surface area contributed by atoms with Crippen LogP contribution in [0.1, 0.15) is 35.9 Å². The number of carbonyl (C=O) groups excluding carboxylic acids is 2. The van der Waals surface area contributed by atoms with Crippen LogP contribution in [0.15, 0.2) is 17.5 Å². The van der Waals surface area contributed by atoms with Crippen molar-refractivity contribution in [1.29, 1.82) is 0 Å². The number of rotatable bonds is 3. The number of fused-ring (bicyclic) bond motifs is 1. The highest BCUT2D eigenvalue weighted by atomic mass is 32.2. The van der Waals surface area contributed by atoms with Crippen LogP contribution in [-0.2, 0) is 14.8 Å². The SMILES string of the molecule is CCN1CCC2(CN(S(C)(=O)=O)CC23CCN(C(=O)c2cccs2)CC3)C1=O. The third-order valence-corrected chi connectivity index (χ3v) is 9.09. The fraction of sp³-hybridized carbons (Fsp3) is 0.684. The summed E-state index contributed by atoms with van der Waals surface area (Å²) in [6, 6.07) is 3.70. The van der Waals surface area contributed by atoms with Gasteiger partial charge in [-0.2, -0.15) is 0 Å². The molecule has 28 heavy (non-hydrogen) atoms. The lowest BCUT2D eigenvalue weighted by Crippen LogP contribution is -2.53. The number of hydrogen-bond donors (Lipinski definition) is 0. The molecule has 3 aliphatic heterocycles. The van der Waals surface area contributed by atoms with E-state index in [4.69, 9.17) is 0 Å². The molecular weight excluding hydrogens is 398 g/mol. The molecule has 0 N–H and O–H groups in total. The lowest BCUT2D eigenvalue weighted by molar-refractivity contribution is -0.141. The van der Waals surface area contributed by atoms with E-state index in [-0.39, 0.29) is 23.8 Å².